The van der Waals surface area contributed by atoms with E-state index in [-0.39, 0.29) is 68.3 Å². The first-order chi connectivity index (χ1) is 19.2. The molecule has 0 aliphatic carbocycles. The highest BCUT2D eigenvalue weighted by molar-refractivity contribution is 5.66. The van der Waals surface area contributed by atoms with E-state index in [2.05, 4.69) is 14.9 Å². The summed E-state index contributed by atoms with van der Waals surface area (Å²) in [7, 11) is 2.00. The Labute approximate surface area is 230 Å². The van der Waals surface area contributed by atoms with Crippen molar-refractivity contribution in [2.75, 3.05) is 44.7 Å². The number of alkyl halides is 3. The molecule has 2 fully saturated rings. The van der Waals surface area contributed by atoms with Crippen molar-refractivity contribution in [2.45, 2.75) is 56.7 Å². The summed E-state index contributed by atoms with van der Waals surface area (Å²) in [5.41, 5.74) is 0.952. The fourth-order valence-electron chi connectivity index (χ4n) is 5.93. The Balaban J connectivity index is 1.52. The Morgan fingerprint density at radius 1 is 1.18 bits per heavy atom. The molecule has 10 nitrogen and oxygen atoms in total. The number of nitriles is 1. The summed E-state index contributed by atoms with van der Waals surface area (Å²) in [5.74, 6) is 0.0886. The predicted octanol–water partition coefficient (Wildman–Crippen LogP) is 3.65. The number of aromatic nitrogens is 2. The summed E-state index contributed by atoms with van der Waals surface area (Å²) in [4.78, 5) is 27.1. The van der Waals surface area contributed by atoms with Gasteiger partial charge in [-0.2, -0.15) is 28.4 Å². The van der Waals surface area contributed by atoms with Crippen molar-refractivity contribution in [3.05, 3.63) is 47.2 Å². The summed E-state index contributed by atoms with van der Waals surface area (Å²) >= 11 is 0. The Hall–Kier alpha value is -3.63. The Kier molecular flexibility index (Phi) is 8.00. The van der Waals surface area contributed by atoms with Gasteiger partial charge in [-0.05, 0) is 32.0 Å². The molecule has 4 heterocycles. The SMILES string of the molecule is CN1CCCC1COc1nc2c(c(N3CCN(C(=O)O)[C@@H](CC#N)C3)n1)C(C(F)(F)F)N(Cc1ccccc1)C2. The lowest BCUT2D eigenvalue weighted by Gasteiger charge is -2.40. The number of carboxylic acid groups (broad SMARTS) is 1. The average Bonchev–Trinajstić information content (AvgIpc) is 3.50. The van der Waals surface area contributed by atoms with Crippen LogP contribution in [0.4, 0.5) is 23.8 Å². The summed E-state index contributed by atoms with van der Waals surface area (Å²) < 4.78 is 50.1. The van der Waals surface area contributed by atoms with Gasteiger partial charge in [0.2, 0.25) is 0 Å². The lowest BCUT2D eigenvalue weighted by molar-refractivity contribution is -0.185. The molecule has 1 N–H and O–H groups in total. The second kappa shape index (κ2) is 11.5. The highest BCUT2D eigenvalue weighted by Crippen LogP contribution is 2.48. The van der Waals surface area contributed by atoms with E-state index in [4.69, 9.17) is 4.74 Å². The van der Waals surface area contributed by atoms with Crippen LogP contribution in [0.15, 0.2) is 30.3 Å². The molecule has 3 aliphatic heterocycles. The Bertz CT molecular complexity index is 1260. The van der Waals surface area contributed by atoms with Crippen molar-refractivity contribution in [3.63, 3.8) is 0 Å². The third kappa shape index (κ3) is 5.78. The molecular formula is C27H32F3N7O3. The number of ether oxygens (including phenoxy) is 1. The minimum atomic E-state index is -4.61. The van der Waals surface area contributed by atoms with Crippen molar-refractivity contribution in [1.29, 1.82) is 5.26 Å². The number of piperazine rings is 1. The largest absolute Gasteiger partial charge is 0.465 e. The van der Waals surface area contributed by atoms with Crippen LogP contribution in [-0.2, 0) is 13.1 Å². The molecule has 13 heteroatoms. The number of halogens is 3. The van der Waals surface area contributed by atoms with E-state index in [0.717, 1.165) is 29.8 Å². The van der Waals surface area contributed by atoms with Crippen LogP contribution in [0.3, 0.4) is 0 Å². The van der Waals surface area contributed by atoms with Crippen molar-refractivity contribution < 1.29 is 27.8 Å². The number of hydrogen-bond acceptors (Lipinski definition) is 8. The summed E-state index contributed by atoms with van der Waals surface area (Å²) in [6.45, 7) is 1.49. The maximum atomic E-state index is 14.7. The number of hydrogen-bond donors (Lipinski definition) is 1. The van der Waals surface area contributed by atoms with Crippen LogP contribution < -0.4 is 9.64 Å². The van der Waals surface area contributed by atoms with E-state index in [1.807, 2.05) is 19.2 Å². The summed E-state index contributed by atoms with van der Waals surface area (Å²) in [6, 6.07) is 8.48. The van der Waals surface area contributed by atoms with Gasteiger partial charge in [-0.1, -0.05) is 30.3 Å². The van der Waals surface area contributed by atoms with Gasteiger partial charge >= 0.3 is 18.3 Å². The van der Waals surface area contributed by atoms with Gasteiger partial charge in [-0.3, -0.25) is 4.90 Å². The van der Waals surface area contributed by atoms with Crippen LogP contribution in [0, 0.1) is 11.3 Å². The molecule has 1 aromatic carbocycles. The minimum absolute atomic E-state index is 0.00836. The molecule has 2 unspecified atom stereocenters. The van der Waals surface area contributed by atoms with Crippen molar-refractivity contribution in [1.82, 2.24) is 24.7 Å². The number of likely N-dealkylation sites (N-methyl/N-ethyl adjacent to an activating group) is 1. The average molecular weight is 560 g/mol. The Morgan fingerprint density at radius 2 is 1.95 bits per heavy atom. The maximum Gasteiger partial charge on any atom is 0.408 e. The first-order valence-electron chi connectivity index (χ1n) is 13.4. The summed E-state index contributed by atoms with van der Waals surface area (Å²) in [6.07, 6.45) is -3.88. The quantitative estimate of drug-likeness (QED) is 0.544. The standard InChI is InChI=1S/C27H32F3N7O3/c1-34-11-5-8-20(34)17-40-25-32-21-16-36(14-18-6-3-2-4-7-18)23(27(28,29)30)22(21)24(33-25)35-12-13-37(26(38)39)19(15-35)9-10-31/h2-4,6-7,19-20,23H,5,8-9,11-17H2,1H3,(H,38,39)/t19-,20?,23?/m0/s1. The number of benzene rings is 1. The molecule has 2 saturated heterocycles. The zero-order chi connectivity index (χ0) is 28.4. The van der Waals surface area contributed by atoms with Crippen molar-refractivity contribution in [3.8, 4) is 12.1 Å². The lowest BCUT2D eigenvalue weighted by Crippen LogP contribution is -2.55. The van der Waals surface area contributed by atoms with Gasteiger partial charge in [-0.25, -0.2) is 4.79 Å². The molecule has 0 spiro atoms. The highest BCUT2D eigenvalue weighted by atomic mass is 19.4. The minimum Gasteiger partial charge on any atom is -0.465 e. The molecule has 5 rings (SSSR count). The molecule has 0 radical (unpaired) electrons. The van der Waals surface area contributed by atoms with Crippen LogP contribution in [-0.4, -0.2) is 94.0 Å². The third-order valence-electron chi connectivity index (χ3n) is 7.95. The number of likely N-dealkylation sites (tertiary alicyclic amines) is 1. The van der Waals surface area contributed by atoms with E-state index in [9.17, 15) is 28.3 Å². The number of amides is 1. The van der Waals surface area contributed by atoms with Crippen LogP contribution in [0.1, 0.15) is 42.1 Å². The predicted molar refractivity (Wildman–Crippen MR) is 139 cm³/mol. The molecule has 3 atom stereocenters. The molecular weight excluding hydrogens is 527 g/mol. The fraction of sp³-hybridized carbons (Fsp3) is 0.556. The van der Waals surface area contributed by atoms with E-state index in [1.54, 1.807) is 29.2 Å². The normalized spacial score (nSPS) is 23.7. The zero-order valence-electron chi connectivity index (χ0n) is 22.2. The van der Waals surface area contributed by atoms with Gasteiger partial charge in [0, 0.05) is 44.3 Å². The molecule has 0 saturated carbocycles. The Morgan fingerprint density at radius 3 is 2.60 bits per heavy atom. The van der Waals surface area contributed by atoms with E-state index in [0.29, 0.717) is 6.61 Å². The topological polar surface area (TPSA) is 109 Å². The second-order valence-electron chi connectivity index (χ2n) is 10.6. The molecule has 0 bridgehead atoms. The zero-order valence-corrected chi connectivity index (χ0v) is 22.2. The van der Waals surface area contributed by atoms with E-state index >= 15 is 0 Å². The van der Waals surface area contributed by atoms with Crippen LogP contribution in [0.2, 0.25) is 0 Å². The number of rotatable bonds is 7. The van der Waals surface area contributed by atoms with E-state index in [1.165, 1.54) is 4.90 Å². The first kappa shape index (κ1) is 27.9. The van der Waals surface area contributed by atoms with Crippen molar-refractivity contribution >= 4 is 11.9 Å². The lowest BCUT2D eigenvalue weighted by atomic mass is 10.0. The van der Waals surface area contributed by atoms with Gasteiger partial charge in [0.1, 0.15) is 18.5 Å². The fourth-order valence-corrected chi connectivity index (χ4v) is 5.93. The maximum absolute atomic E-state index is 14.7. The number of nitrogens with zero attached hydrogens (tertiary/aromatic N) is 7. The molecule has 2 aromatic rings. The number of carbonyl (C=O) groups is 1. The second-order valence-corrected chi connectivity index (χ2v) is 10.6. The summed E-state index contributed by atoms with van der Waals surface area (Å²) in [5, 5.41) is 18.9. The van der Waals surface area contributed by atoms with Gasteiger partial charge < -0.3 is 24.5 Å². The van der Waals surface area contributed by atoms with Crippen LogP contribution in [0.5, 0.6) is 6.01 Å². The van der Waals surface area contributed by atoms with Gasteiger partial charge in [0.05, 0.1) is 24.2 Å². The van der Waals surface area contributed by atoms with Crippen LogP contribution >= 0.6 is 0 Å². The molecule has 40 heavy (non-hydrogen) atoms. The van der Waals surface area contributed by atoms with Gasteiger partial charge in [0.25, 0.3) is 0 Å². The van der Waals surface area contributed by atoms with Crippen LogP contribution in [0.25, 0.3) is 0 Å². The van der Waals surface area contributed by atoms with Gasteiger partial charge in [-0.15, -0.1) is 0 Å². The third-order valence-corrected chi connectivity index (χ3v) is 7.95. The molecule has 214 valence electrons. The van der Waals surface area contributed by atoms with E-state index < -0.39 is 24.4 Å². The molecule has 1 aromatic heterocycles. The van der Waals surface area contributed by atoms with Crippen molar-refractivity contribution in [2.24, 2.45) is 0 Å². The number of fused-ring (bicyclic) bond motifs is 1. The molecule has 1 amide bonds. The molecule has 3 aliphatic rings. The highest BCUT2D eigenvalue weighted by Gasteiger charge is 2.52. The first-order valence-corrected chi connectivity index (χ1v) is 13.4. The van der Waals surface area contributed by atoms with Gasteiger partial charge in [0.15, 0.2) is 0 Å². The number of anilines is 1. The smallest absolute Gasteiger partial charge is 0.408 e. The monoisotopic (exact) mass is 559 g/mol.